The maximum atomic E-state index is 12.9. The van der Waals surface area contributed by atoms with Crippen LogP contribution in [0.5, 0.6) is 0 Å². The van der Waals surface area contributed by atoms with E-state index in [4.69, 9.17) is 11.6 Å². The summed E-state index contributed by atoms with van der Waals surface area (Å²) in [5.41, 5.74) is -1.32. The number of anilines is 1. The molecule has 0 radical (unpaired) electrons. The van der Waals surface area contributed by atoms with Gasteiger partial charge in [0.1, 0.15) is 10.7 Å². The van der Waals surface area contributed by atoms with Crippen molar-refractivity contribution in [2.24, 2.45) is 0 Å². The minimum Gasteiger partial charge on any atom is -0.321 e. The Hall–Kier alpha value is -1.67. The predicted octanol–water partition coefficient (Wildman–Crippen LogP) is 4.21. The average molecular weight is 325 g/mol. The van der Waals surface area contributed by atoms with Crippen LogP contribution in [0.25, 0.3) is 0 Å². The summed E-state index contributed by atoms with van der Waals surface area (Å²) in [4.78, 5) is 14.2. The molecule has 1 aromatic carbocycles. The second-order valence-corrected chi connectivity index (χ2v) is 5.19. The number of amides is 1. The van der Waals surface area contributed by atoms with Gasteiger partial charge in [0.05, 0.1) is 0 Å². The third-order valence-electron chi connectivity index (χ3n) is 2.16. The Kier molecular flexibility index (Phi) is 3.96. The van der Waals surface area contributed by atoms with Crippen LogP contribution >= 0.6 is 22.9 Å². The van der Waals surface area contributed by atoms with Crippen LogP contribution in [0.3, 0.4) is 0 Å². The molecule has 3 nitrogen and oxygen atoms in total. The number of thiazole rings is 1. The highest BCUT2D eigenvalue weighted by Crippen LogP contribution is 2.36. The van der Waals surface area contributed by atoms with Crippen LogP contribution in [-0.2, 0) is 6.18 Å². The Morgan fingerprint density at radius 1 is 1.35 bits per heavy atom. The lowest BCUT2D eigenvalue weighted by Crippen LogP contribution is -2.17. The molecule has 9 heteroatoms. The van der Waals surface area contributed by atoms with Crippen LogP contribution in [0.4, 0.5) is 23.2 Å². The number of alkyl halides is 3. The summed E-state index contributed by atoms with van der Waals surface area (Å²) in [5, 5.41) is 2.16. The fraction of sp³-hybridized carbons (Fsp3) is 0.0909. The van der Waals surface area contributed by atoms with E-state index in [2.05, 4.69) is 10.3 Å². The molecule has 0 atom stereocenters. The van der Waals surface area contributed by atoms with Crippen molar-refractivity contribution in [1.29, 1.82) is 0 Å². The maximum absolute atomic E-state index is 12.9. The summed E-state index contributed by atoms with van der Waals surface area (Å²) in [5.74, 6) is -1.67. The van der Waals surface area contributed by atoms with Gasteiger partial charge in [-0.1, -0.05) is 29.0 Å². The first kappa shape index (κ1) is 14.7. The van der Waals surface area contributed by atoms with Gasteiger partial charge in [-0.3, -0.25) is 4.79 Å². The number of hydrogen-bond donors (Lipinski definition) is 1. The Balaban J connectivity index is 2.30. The number of benzene rings is 1. The Morgan fingerprint density at radius 2 is 2.05 bits per heavy atom. The number of nitrogens with zero attached hydrogens (tertiary/aromatic N) is 1. The summed E-state index contributed by atoms with van der Waals surface area (Å²) in [6.45, 7) is 0. The lowest BCUT2D eigenvalue weighted by molar-refractivity contribution is -0.141. The standard InChI is InChI=1S/C11H5ClF4N2OS/c12-10-18-8(11(14,15)16)7(20-10)9(19)17-6-3-1-2-5(13)4-6/h1-4H,(H,17,19). The van der Waals surface area contributed by atoms with Crippen molar-refractivity contribution in [3.05, 3.63) is 45.1 Å². The van der Waals surface area contributed by atoms with Crippen molar-refractivity contribution in [3.63, 3.8) is 0 Å². The van der Waals surface area contributed by atoms with E-state index in [1.807, 2.05) is 0 Å². The fourth-order valence-electron chi connectivity index (χ4n) is 1.39. The Morgan fingerprint density at radius 3 is 2.65 bits per heavy atom. The monoisotopic (exact) mass is 324 g/mol. The molecule has 1 amide bonds. The number of aromatic nitrogens is 1. The normalized spacial score (nSPS) is 11.4. The van der Waals surface area contributed by atoms with Crippen LogP contribution in [0.1, 0.15) is 15.4 Å². The van der Waals surface area contributed by atoms with Crippen molar-refractivity contribution in [1.82, 2.24) is 4.98 Å². The number of nitrogens with one attached hydrogen (secondary N) is 1. The molecule has 2 rings (SSSR count). The van der Waals surface area contributed by atoms with Crippen molar-refractivity contribution in [3.8, 4) is 0 Å². The highest BCUT2D eigenvalue weighted by atomic mass is 35.5. The summed E-state index contributed by atoms with van der Waals surface area (Å²) in [6.07, 6.45) is -4.79. The van der Waals surface area contributed by atoms with Crippen molar-refractivity contribution in [2.45, 2.75) is 6.18 Å². The quantitative estimate of drug-likeness (QED) is 0.841. The van der Waals surface area contributed by atoms with E-state index in [-0.39, 0.29) is 5.69 Å². The van der Waals surface area contributed by atoms with Crippen LogP contribution in [0, 0.1) is 5.82 Å². The van der Waals surface area contributed by atoms with Gasteiger partial charge < -0.3 is 5.32 Å². The summed E-state index contributed by atoms with van der Waals surface area (Å²) in [6, 6.07) is 4.78. The molecule has 0 saturated carbocycles. The van der Waals surface area contributed by atoms with Gasteiger partial charge >= 0.3 is 6.18 Å². The largest absolute Gasteiger partial charge is 0.435 e. The Labute approximate surface area is 119 Å². The average Bonchev–Trinajstić information content (AvgIpc) is 2.71. The SMILES string of the molecule is O=C(Nc1cccc(F)c1)c1sc(Cl)nc1C(F)(F)F. The number of rotatable bonds is 2. The molecule has 0 fully saturated rings. The first-order chi connectivity index (χ1) is 9.27. The number of carbonyl (C=O) groups excluding carboxylic acids is 1. The highest BCUT2D eigenvalue weighted by molar-refractivity contribution is 7.17. The van der Waals surface area contributed by atoms with Crippen LogP contribution < -0.4 is 5.32 Å². The zero-order valence-electron chi connectivity index (χ0n) is 9.46. The van der Waals surface area contributed by atoms with E-state index in [1.165, 1.54) is 12.1 Å². The molecule has 0 bridgehead atoms. The van der Waals surface area contributed by atoms with Crippen molar-refractivity contribution in [2.75, 3.05) is 5.32 Å². The van der Waals surface area contributed by atoms with Gasteiger partial charge in [-0.15, -0.1) is 0 Å². The second-order valence-electron chi connectivity index (χ2n) is 3.61. The minimum atomic E-state index is -4.79. The van der Waals surface area contributed by atoms with Crippen LogP contribution in [-0.4, -0.2) is 10.9 Å². The molecule has 20 heavy (non-hydrogen) atoms. The van der Waals surface area contributed by atoms with E-state index < -0.39 is 32.9 Å². The van der Waals surface area contributed by atoms with Crippen molar-refractivity contribution < 1.29 is 22.4 Å². The molecule has 0 spiro atoms. The van der Waals surface area contributed by atoms with Crippen LogP contribution in [0.2, 0.25) is 4.47 Å². The summed E-state index contributed by atoms with van der Waals surface area (Å²) < 4.78 is 50.5. The molecular weight excluding hydrogens is 320 g/mol. The molecule has 0 saturated heterocycles. The van der Waals surface area contributed by atoms with Gasteiger partial charge in [0.25, 0.3) is 5.91 Å². The molecule has 1 N–H and O–H groups in total. The maximum Gasteiger partial charge on any atom is 0.435 e. The van der Waals surface area contributed by atoms with Crippen LogP contribution in [0.15, 0.2) is 24.3 Å². The molecule has 0 aliphatic heterocycles. The smallest absolute Gasteiger partial charge is 0.321 e. The number of carbonyl (C=O) groups is 1. The van der Waals surface area contributed by atoms with E-state index in [0.717, 1.165) is 12.1 Å². The zero-order chi connectivity index (χ0) is 14.9. The molecule has 0 aliphatic rings. The highest BCUT2D eigenvalue weighted by Gasteiger charge is 2.39. The van der Waals surface area contributed by atoms with Gasteiger partial charge in [0.15, 0.2) is 10.2 Å². The molecule has 106 valence electrons. The number of halogens is 5. The van der Waals surface area contributed by atoms with E-state index in [9.17, 15) is 22.4 Å². The van der Waals surface area contributed by atoms with Gasteiger partial charge in [-0.25, -0.2) is 9.37 Å². The fourth-order valence-corrected chi connectivity index (χ4v) is 2.42. The molecule has 0 aliphatic carbocycles. The lowest BCUT2D eigenvalue weighted by Gasteiger charge is -2.07. The van der Waals surface area contributed by atoms with Gasteiger partial charge in [-0.05, 0) is 18.2 Å². The van der Waals surface area contributed by atoms with Crippen molar-refractivity contribution >= 4 is 34.5 Å². The third-order valence-corrected chi connectivity index (χ3v) is 3.32. The molecule has 0 unspecified atom stereocenters. The van der Waals surface area contributed by atoms with E-state index >= 15 is 0 Å². The summed E-state index contributed by atoms with van der Waals surface area (Å²) in [7, 11) is 0. The predicted molar refractivity (Wildman–Crippen MR) is 66.5 cm³/mol. The van der Waals surface area contributed by atoms with Gasteiger partial charge in [0.2, 0.25) is 0 Å². The van der Waals surface area contributed by atoms with Gasteiger partial charge in [-0.2, -0.15) is 13.2 Å². The van der Waals surface area contributed by atoms with E-state index in [1.54, 1.807) is 0 Å². The molecular formula is C11H5ClF4N2OS. The zero-order valence-corrected chi connectivity index (χ0v) is 11.0. The topological polar surface area (TPSA) is 42.0 Å². The number of hydrogen-bond acceptors (Lipinski definition) is 3. The lowest BCUT2D eigenvalue weighted by atomic mass is 10.3. The van der Waals surface area contributed by atoms with Gasteiger partial charge in [0, 0.05) is 5.69 Å². The summed E-state index contributed by atoms with van der Waals surface area (Å²) >= 11 is 5.81. The first-order valence-corrected chi connectivity index (χ1v) is 6.27. The minimum absolute atomic E-state index is 0.0349. The molecule has 2 aromatic rings. The molecule has 1 heterocycles. The van der Waals surface area contributed by atoms with E-state index in [0.29, 0.717) is 11.3 Å². The molecule has 1 aromatic heterocycles. The third kappa shape index (κ3) is 3.26. The first-order valence-electron chi connectivity index (χ1n) is 5.08. The Bertz CT molecular complexity index is 656. The second kappa shape index (κ2) is 5.37.